The maximum Gasteiger partial charge on any atom is 0.341 e. The van der Waals surface area contributed by atoms with Crippen molar-refractivity contribution in [3.8, 4) is 0 Å². The number of urea groups is 1. The number of likely N-dealkylation sites (N-methyl/N-ethyl adjacent to an activating group) is 1. The molecule has 2 aromatic rings. The zero-order valence-electron chi connectivity index (χ0n) is 17.7. The van der Waals surface area contributed by atoms with Crippen molar-refractivity contribution in [3.63, 3.8) is 0 Å². The van der Waals surface area contributed by atoms with Gasteiger partial charge in [-0.15, -0.1) is 0 Å². The van der Waals surface area contributed by atoms with Gasteiger partial charge in [-0.05, 0) is 43.1 Å². The molecule has 156 valence electrons. The molecule has 2 amide bonds. The third kappa shape index (κ3) is 4.78. The number of amides is 2. The van der Waals surface area contributed by atoms with Crippen molar-refractivity contribution in [1.29, 1.82) is 0 Å². The van der Waals surface area contributed by atoms with Crippen LogP contribution in [0.1, 0.15) is 25.8 Å². The topological polar surface area (TPSA) is 64.8 Å². The number of benzene rings is 2. The van der Waals surface area contributed by atoms with Crippen LogP contribution in [-0.4, -0.2) is 48.3 Å². The van der Waals surface area contributed by atoms with Gasteiger partial charge in [-0.2, -0.15) is 5.01 Å². The predicted octanol–water partition coefficient (Wildman–Crippen LogP) is 3.26. The first-order valence-electron chi connectivity index (χ1n) is 10.4. The fraction of sp³-hybridized carbons (Fsp3) is 0.435. The first kappa shape index (κ1) is 21.3. The lowest BCUT2D eigenvalue weighted by atomic mass is 9.99. The SMILES string of the molecule is CC(C)C(NCCCN)C1N(Cc2ccccc2)C(=O)N(c2ccccc2)N1C. The third-order valence-electron chi connectivity index (χ3n) is 5.44. The summed E-state index contributed by atoms with van der Waals surface area (Å²) in [5.41, 5.74) is 7.70. The molecule has 0 aliphatic carbocycles. The summed E-state index contributed by atoms with van der Waals surface area (Å²) in [6.07, 6.45) is 0.815. The molecule has 0 radical (unpaired) electrons. The minimum Gasteiger partial charge on any atom is -0.330 e. The molecule has 3 N–H and O–H groups in total. The zero-order chi connectivity index (χ0) is 20.8. The van der Waals surface area contributed by atoms with E-state index in [1.807, 2.05) is 60.5 Å². The van der Waals surface area contributed by atoms with E-state index >= 15 is 0 Å². The molecule has 1 aliphatic heterocycles. The molecular formula is C23H33N5O. The largest absolute Gasteiger partial charge is 0.341 e. The lowest BCUT2D eigenvalue weighted by Gasteiger charge is -2.37. The van der Waals surface area contributed by atoms with E-state index < -0.39 is 0 Å². The Hall–Kier alpha value is -2.41. The van der Waals surface area contributed by atoms with Crippen molar-refractivity contribution < 1.29 is 4.79 Å². The summed E-state index contributed by atoms with van der Waals surface area (Å²) in [6.45, 7) is 6.46. The molecule has 3 rings (SSSR count). The Morgan fingerprint density at radius 3 is 2.24 bits per heavy atom. The molecule has 2 unspecified atom stereocenters. The molecule has 1 heterocycles. The fourth-order valence-electron chi connectivity index (χ4n) is 3.98. The summed E-state index contributed by atoms with van der Waals surface area (Å²) in [7, 11) is 2.00. The summed E-state index contributed by atoms with van der Waals surface area (Å²) < 4.78 is 0. The van der Waals surface area contributed by atoms with Crippen molar-refractivity contribution in [3.05, 3.63) is 66.2 Å². The van der Waals surface area contributed by atoms with Crippen LogP contribution in [0.15, 0.2) is 60.7 Å². The average molecular weight is 396 g/mol. The first-order valence-corrected chi connectivity index (χ1v) is 10.4. The van der Waals surface area contributed by atoms with Crippen LogP contribution in [0.2, 0.25) is 0 Å². The smallest absolute Gasteiger partial charge is 0.330 e. The maximum atomic E-state index is 13.6. The summed E-state index contributed by atoms with van der Waals surface area (Å²) in [4.78, 5) is 15.5. The van der Waals surface area contributed by atoms with Gasteiger partial charge in [-0.3, -0.25) is 4.90 Å². The van der Waals surface area contributed by atoms with E-state index in [0.29, 0.717) is 19.0 Å². The van der Waals surface area contributed by atoms with Crippen LogP contribution >= 0.6 is 0 Å². The number of nitrogens with two attached hydrogens (primary N) is 1. The van der Waals surface area contributed by atoms with Gasteiger partial charge in [0.15, 0.2) is 0 Å². The monoisotopic (exact) mass is 395 g/mol. The summed E-state index contributed by atoms with van der Waals surface area (Å²) in [6, 6.07) is 20.1. The van der Waals surface area contributed by atoms with Crippen LogP contribution < -0.4 is 16.1 Å². The van der Waals surface area contributed by atoms with Crippen LogP contribution in [0.3, 0.4) is 0 Å². The van der Waals surface area contributed by atoms with E-state index in [-0.39, 0.29) is 18.2 Å². The quantitative estimate of drug-likeness (QED) is 0.640. The highest BCUT2D eigenvalue weighted by molar-refractivity contribution is 5.93. The number of carbonyl (C=O) groups excluding carboxylic acids is 1. The lowest BCUT2D eigenvalue weighted by Crippen LogP contribution is -2.56. The van der Waals surface area contributed by atoms with Gasteiger partial charge in [0.2, 0.25) is 0 Å². The number of nitrogens with one attached hydrogen (secondary N) is 1. The normalized spacial score (nSPS) is 18.7. The number of hydrazine groups is 1. The van der Waals surface area contributed by atoms with Crippen molar-refractivity contribution in [2.24, 2.45) is 11.7 Å². The number of carbonyl (C=O) groups is 1. The summed E-state index contributed by atoms with van der Waals surface area (Å²) >= 11 is 0. The van der Waals surface area contributed by atoms with Gasteiger partial charge in [-0.25, -0.2) is 9.80 Å². The average Bonchev–Trinajstić information content (AvgIpc) is 2.96. The van der Waals surface area contributed by atoms with Crippen LogP contribution in [0.25, 0.3) is 0 Å². The van der Waals surface area contributed by atoms with Gasteiger partial charge in [0, 0.05) is 19.6 Å². The Morgan fingerprint density at radius 1 is 1.03 bits per heavy atom. The Morgan fingerprint density at radius 2 is 1.66 bits per heavy atom. The molecule has 2 atom stereocenters. The second kappa shape index (κ2) is 9.87. The van der Waals surface area contributed by atoms with Gasteiger partial charge >= 0.3 is 6.03 Å². The third-order valence-corrected chi connectivity index (χ3v) is 5.44. The van der Waals surface area contributed by atoms with E-state index in [4.69, 9.17) is 5.73 Å². The summed E-state index contributed by atoms with van der Waals surface area (Å²) in [5.74, 6) is 0.349. The summed E-state index contributed by atoms with van der Waals surface area (Å²) in [5, 5.41) is 7.51. The van der Waals surface area contributed by atoms with Crippen molar-refractivity contribution in [2.75, 3.05) is 25.1 Å². The lowest BCUT2D eigenvalue weighted by molar-refractivity contribution is 0.0928. The molecule has 0 spiro atoms. The van der Waals surface area contributed by atoms with E-state index in [2.05, 4.69) is 36.3 Å². The van der Waals surface area contributed by atoms with E-state index in [9.17, 15) is 4.79 Å². The number of nitrogens with zero attached hydrogens (tertiary/aromatic N) is 3. The highest BCUT2D eigenvalue weighted by Gasteiger charge is 2.47. The van der Waals surface area contributed by atoms with Gasteiger partial charge in [0.25, 0.3) is 0 Å². The molecule has 6 heteroatoms. The van der Waals surface area contributed by atoms with Crippen molar-refractivity contribution >= 4 is 11.7 Å². The molecule has 0 aromatic heterocycles. The second-order valence-corrected chi connectivity index (χ2v) is 7.90. The molecule has 2 aromatic carbocycles. The molecule has 29 heavy (non-hydrogen) atoms. The number of rotatable bonds is 9. The highest BCUT2D eigenvalue weighted by Crippen LogP contribution is 2.31. The Labute approximate surface area is 174 Å². The Balaban J connectivity index is 1.94. The van der Waals surface area contributed by atoms with E-state index in [0.717, 1.165) is 24.2 Å². The van der Waals surface area contributed by atoms with E-state index in [1.165, 1.54) is 0 Å². The number of para-hydroxylation sites is 1. The van der Waals surface area contributed by atoms with Gasteiger partial charge in [-0.1, -0.05) is 62.4 Å². The minimum absolute atomic E-state index is 0.00109. The molecular weight excluding hydrogens is 362 g/mol. The van der Waals surface area contributed by atoms with Crippen LogP contribution in [0.4, 0.5) is 10.5 Å². The van der Waals surface area contributed by atoms with Crippen LogP contribution in [0.5, 0.6) is 0 Å². The second-order valence-electron chi connectivity index (χ2n) is 7.90. The van der Waals surface area contributed by atoms with Gasteiger partial charge < -0.3 is 11.1 Å². The Kier molecular flexibility index (Phi) is 7.25. The molecule has 1 saturated heterocycles. The maximum absolute atomic E-state index is 13.6. The number of anilines is 1. The fourth-order valence-corrected chi connectivity index (χ4v) is 3.98. The highest BCUT2D eigenvalue weighted by atomic mass is 16.2. The molecule has 0 bridgehead atoms. The van der Waals surface area contributed by atoms with E-state index in [1.54, 1.807) is 5.01 Å². The zero-order valence-corrected chi connectivity index (χ0v) is 17.7. The molecule has 1 fully saturated rings. The number of hydrogen-bond acceptors (Lipinski definition) is 4. The molecule has 1 aliphatic rings. The molecule has 6 nitrogen and oxygen atoms in total. The van der Waals surface area contributed by atoms with Crippen molar-refractivity contribution in [2.45, 2.75) is 39.0 Å². The molecule has 0 saturated carbocycles. The van der Waals surface area contributed by atoms with Crippen molar-refractivity contribution in [1.82, 2.24) is 15.2 Å². The number of hydrogen-bond donors (Lipinski definition) is 2. The van der Waals surface area contributed by atoms with Gasteiger partial charge in [0.1, 0.15) is 6.17 Å². The van der Waals surface area contributed by atoms with Gasteiger partial charge in [0.05, 0.1) is 5.69 Å². The predicted molar refractivity (Wildman–Crippen MR) is 118 cm³/mol. The standard InChI is InChI=1S/C23H33N5O/c1-18(2)21(25-16-10-15-24)22-26(3)28(20-13-8-5-9-14-20)23(29)27(22)17-19-11-6-4-7-12-19/h4-9,11-14,18,21-22,25H,10,15-17,24H2,1-3H3. The van der Waals surface area contributed by atoms with Crippen LogP contribution in [-0.2, 0) is 6.54 Å². The first-order chi connectivity index (χ1) is 14.0. The van der Waals surface area contributed by atoms with Crippen LogP contribution in [0, 0.1) is 5.92 Å². The minimum atomic E-state index is -0.0966. The Bertz CT molecular complexity index is 767.